The fourth-order valence-corrected chi connectivity index (χ4v) is 4.25. The Morgan fingerprint density at radius 2 is 1.91 bits per heavy atom. The van der Waals surface area contributed by atoms with Crippen LogP contribution in [0.5, 0.6) is 5.75 Å². The molecule has 0 unspecified atom stereocenters. The molecule has 11 heteroatoms. The molecule has 0 saturated carbocycles. The van der Waals surface area contributed by atoms with Crippen molar-refractivity contribution in [2.45, 2.75) is 19.9 Å². The molecule has 1 atom stereocenters. The summed E-state index contributed by atoms with van der Waals surface area (Å²) in [5.41, 5.74) is 2.68. The van der Waals surface area contributed by atoms with E-state index in [1.807, 2.05) is 12.1 Å². The number of phenolic OH excluding ortho intramolecular Hbond substituents is 1. The van der Waals surface area contributed by atoms with Gasteiger partial charge in [-0.2, -0.15) is 5.10 Å². The molecule has 4 aromatic rings. The number of rotatable bonds is 4. The van der Waals surface area contributed by atoms with Crippen molar-refractivity contribution in [1.82, 2.24) is 30.3 Å². The summed E-state index contributed by atoms with van der Waals surface area (Å²) in [5.74, 6) is 0.736. The van der Waals surface area contributed by atoms with Crippen LogP contribution in [0.15, 0.2) is 42.7 Å². The number of piperazine rings is 1. The van der Waals surface area contributed by atoms with Crippen molar-refractivity contribution >= 4 is 41.7 Å². The number of phenols is 1. The maximum atomic E-state index is 14.5. The molecule has 2 aromatic heterocycles. The predicted octanol–water partition coefficient (Wildman–Crippen LogP) is 4.21. The molecule has 2 aromatic carbocycles. The fourth-order valence-electron chi connectivity index (χ4n) is 4.25. The maximum Gasteiger partial charge on any atom is 0.245 e. The van der Waals surface area contributed by atoms with Gasteiger partial charge < -0.3 is 15.3 Å². The van der Waals surface area contributed by atoms with Crippen LogP contribution in [0, 0.1) is 11.7 Å². The molecule has 1 aliphatic rings. The summed E-state index contributed by atoms with van der Waals surface area (Å²) in [7, 11) is 1.75. The molecule has 2 N–H and O–H groups in total. The third-order valence-corrected chi connectivity index (χ3v) is 6.13. The highest BCUT2D eigenvalue weighted by molar-refractivity contribution is 5.86. The molecule has 0 amide bonds. The van der Waals surface area contributed by atoms with E-state index >= 15 is 0 Å². The van der Waals surface area contributed by atoms with Gasteiger partial charge in [0.25, 0.3) is 0 Å². The highest BCUT2D eigenvalue weighted by Gasteiger charge is 2.24. The summed E-state index contributed by atoms with van der Waals surface area (Å²) in [6.07, 6.45) is 3.39. The average Bonchev–Trinajstić information content (AvgIpc) is 3.20. The number of hydrogen-bond donors (Lipinski definition) is 2. The Kier molecular flexibility index (Phi) is 8.15. The number of aromatic nitrogens is 5. The van der Waals surface area contributed by atoms with E-state index in [1.165, 1.54) is 6.07 Å². The van der Waals surface area contributed by atoms with Crippen LogP contribution in [-0.2, 0) is 7.05 Å². The van der Waals surface area contributed by atoms with Gasteiger partial charge in [0, 0.05) is 49.9 Å². The van der Waals surface area contributed by atoms with E-state index in [0.29, 0.717) is 51.2 Å². The first-order valence-corrected chi connectivity index (χ1v) is 11.0. The van der Waals surface area contributed by atoms with E-state index in [4.69, 9.17) is 0 Å². The molecular formula is C24H28Cl2FN7O. The predicted molar refractivity (Wildman–Crippen MR) is 140 cm³/mol. The Bertz CT molecular complexity index is 1310. The smallest absolute Gasteiger partial charge is 0.245 e. The third-order valence-electron chi connectivity index (χ3n) is 6.13. The van der Waals surface area contributed by atoms with Gasteiger partial charge in [0.2, 0.25) is 5.95 Å². The minimum atomic E-state index is -0.398. The number of aryl methyl sites for hydroxylation is 1. The molecule has 3 heterocycles. The second-order valence-corrected chi connectivity index (χ2v) is 8.82. The van der Waals surface area contributed by atoms with Crippen molar-refractivity contribution in [2.75, 3.05) is 24.5 Å². The zero-order valence-electron chi connectivity index (χ0n) is 19.6. The zero-order valence-corrected chi connectivity index (χ0v) is 21.3. The van der Waals surface area contributed by atoms with Crippen molar-refractivity contribution < 1.29 is 9.50 Å². The number of fused-ring (bicyclic) bond motifs is 1. The van der Waals surface area contributed by atoms with Gasteiger partial charge in [-0.1, -0.05) is 19.9 Å². The molecule has 8 nitrogen and oxygen atoms in total. The van der Waals surface area contributed by atoms with Gasteiger partial charge in [0.15, 0.2) is 5.82 Å². The van der Waals surface area contributed by atoms with E-state index in [9.17, 15) is 9.50 Å². The number of nitrogens with zero attached hydrogens (tertiary/aromatic N) is 6. The van der Waals surface area contributed by atoms with Crippen LogP contribution in [0.3, 0.4) is 0 Å². The average molecular weight is 520 g/mol. The van der Waals surface area contributed by atoms with E-state index in [2.05, 4.69) is 44.3 Å². The summed E-state index contributed by atoms with van der Waals surface area (Å²) < 4.78 is 16.1. The van der Waals surface area contributed by atoms with E-state index in [-0.39, 0.29) is 30.6 Å². The minimum absolute atomic E-state index is 0. The SMILES string of the molecule is CC(C)[C@H]1CN(c2ncc(-c3ccc(-c4cc(F)c5nn(C)cc5c4)cc3O)nn2)CCN1.Cl.Cl. The van der Waals surface area contributed by atoms with Crippen LogP contribution in [0.1, 0.15) is 13.8 Å². The van der Waals surface area contributed by atoms with Crippen LogP contribution >= 0.6 is 24.8 Å². The first-order chi connectivity index (χ1) is 15.9. The van der Waals surface area contributed by atoms with Crippen molar-refractivity contribution in [1.29, 1.82) is 0 Å². The number of hydrogen-bond acceptors (Lipinski definition) is 7. The fraction of sp³-hybridized carbons (Fsp3) is 0.333. The van der Waals surface area contributed by atoms with E-state index in [1.54, 1.807) is 36.3 Å². The first-order valence-electron chi connectivity index (χ1n) is 11.0. The lowest BCUT2D eigenvalue weighted by molar-refractivity contribution is 0.365. The molecule has 186 valence electrons. The molecule has 1 fully saturated rings. The summed E-state index contributed by atoms with van der Waals surface area (Å²) in [6, 6.07) is 8.85. The van der Waals surface area contributed by atoms with Crippen molar-refractivity contribution in [2.24, 2.45) is 13.0 Å². The van der Waals surface area contributed by atoms with E-state index in [0.717, 1.165) is 19.6 Å². The lowest BCUT2D eigenvalue weighted by atomic mass is 10.0. The molecule has 0 spiro atoms. The largest absolute Gasteiger partial charge is 0.507 e. The monoisotopic (exact) mass is 519 g/mol. The van der Waals surface area contributed by atoms with Crippen LogP contribution < -0.4 is 10.2 Å². The molecule has 1 saturated heterocycles. The van der Waals surface area contributed by atoms with Gasteiger partial charge in [0.1, 0.15) is 17.0 Å². The topological polar surface area (TPSA) is 92.0 Å². The molecule has 5 rings (SSSR count). The van der Waals surface area contributed by atoms with Crippen LogP contribution in [0.4, 0.5) is 10.3 Å². The number of anilines is 1. The second-order valence-electron chi connectivity index (χ2n) is 8.82. The summed E-state index contributed by atoms with van der Waals surface area (Å²) in [6.45, 7) is 6.91. The van der Waals surface area contributed by atoms with Crippen molar-refractivity contribution in [3.63, 3.8) is 0 Å². The molecular weight excluding hydrogens is 492 g/mol. The van der Waals surface area contributed by atoms with Crippen LogP contribution in [0.25, 0.3) is 33.3 Å². The molecule has 0 radical (unpaired) electrons. The Hall–Kier alpha value is -3.01. The summed E-state index contributed by atoms with van der Waals surface area (Å²) >= 11 is 0. The Morgan fingerprint density at radius 3 is 2.60 bits per heavy atom. The molecule has 1 aliphatic heterocycles. The van der Waals surface area contributed by atoms with Gasteiger partial charge in [-0.05, 0) is 41.3 Å². The van der Waals surface area contributed by atoms with Crippen LogP contribution in [0.2, 0.25) is 0 Å². The van der Waals surface area contributed by atoms with Gasteiger partial charge in [-0.25, -0.2) is 9.37 Å². The van der Waals surface area contributed by atoms with Gasteiger partial charge in [-0.3, -0.25) is 4.68 Å². The normalized spacial score (nSPS) is 15.7. The highest BCUT2D eigenvalue weighted by Crippen LogP contribution is 2.34. The zero-order chi connectivity index (χ0) is 23.1. The van der Waals surface area contributed by atoms with Gasteiger partial charge in [-0.15, -0.1) is 35.0 Å². The summed E-state index contributed by atoms with van der Waals surface area (Å²) in [5, 5.41) is 27.7. The summed E-state index contributed by atoms with van der Waals surface area (Å²) in [4.78, 5) is 6.63. The highest BCUT2D eigenvalue weighted by atomic mass is 35.5. The standard InChI is InChI=1S/C24H26FN7O.2ClH/c1-14(2)21-13-32(7-6-26-21)24-27-11-20(28-29-24)18-5-4-15(10-22(18)33)16-8-17-12-31(3)30-23(17)19(25)9-16;;/h4-5,8-12,14,21,26,33H,6-7,13H2,1-3H3;2*1H/t21-;;/m1../s1. The molecule has 0 aliphatic carbocycles. The molecule has 0 bridgehead atoms. The van der Waals surface area contributed by atoms with Crippen molar-refractivity contribution in [3.8, 4) is 28.1 Å². The second kappa shape index (κ2) is 10.7. The Balaban J connectivity index is 0.00000171. The lowest BCUT2D eigenvalue weighted by Gasteiger charge is -2.35. The number of benzene rings is 2. The lowest BCUT2D eigenvalue weighted by Crippen LogP contribution is -2.53. The Morgan fingerprint density at radius 1 is 1.11 bits per heavy atom. The van der Waals surface area contributed by atoms with E-state index < -0.39 is 5.82 Å². The number of halogens is 3. The minimum Gasteiger partial charge on any atom is -0.507 e. The van der Waals surface area contributed by atoms with Crippen molar-refractivity contribution in [3.05, 3.63) is 48.5 Å². The van der Waals surface area contributed by atoms with Gasteiger partial charge >= 0.3 is 0 Å². The third kappa shape index (κ3) is 5.32. The quantitative estimate of drug-likeness (QED) is 0.417. The van der Waals surface area contributed by atoms with Gasteiger partial charge in [0.05, 0.1) is 6.20 Å². The van der Waals surface area contributed by atoms with Crippen LogP contribution in [-0.4, -0.2) is 55.7 Å². The number of aromatic hydroxyl groups is 1. The Labute approximate surface area is 215 Å². The first kappa shape index (κ1) is 26.6. The number of nitrogens with one attached hydrogen (secondary N) is 1. The molecule has 35 heavy (non-hydrogen) atoms. The maximum absolute atomic E-state index is 14.5.